The number of hydrogen-bond donors (Lipinski definition) is 1. The molecule has 5 nitrogen and oxygen atoms in total. The number of aryl methyl sites for hydroxylation is 4. The molecule has 24 heavy (non-hydrogen) atoms. The molecule has 0 spiro atoms. The number of anilines is 1. The van der Waals surface area contributed by atoms with Gasteiger partial charge in [0.1, 0.15) is 0 Å². The molecule has 0 fully saturated rings. The monoisotopic (exact) mass is 341 g/mol. The summed E-state index contributed by atoms with van der Waals surface area (Å²) in [5.41, 5.74) is 5.41. The Bertz CT molecular complexity index is 1050. The van der Waals surface area contributed by atoms with Crippen molar-refractivity contribution >= 4 is 21.4 Å². The Kier molecular flexibility index (Phi) is 3.38. The molecule has 1 aliphatic carbocycles. The number of hydrogen-bond acceptors (Lipinski definition) is 3. The predicted molar refractivity (Wildman–Crippen MR) is 93.9 cm³/mol. The zero-order valence-electron chi connectivity index (χ0n) is 13.7. The van der Waals surface area contributed by atoms with E-state index in [0.29, 0.717) is 16.2 Å². The molecular weight excluding hydrogens is 322 g/mol. The number of imidazole rings is 1. The van der Waals surface area contributed by atoms with E-state index in [1.165, 1.54) is 5.56 Å². The normalized spacial score (nSPS) is 14.1. The van der Waals surface area contributed by atoms with Gasteiger partial charge in [0, 0.05) is 11.9 Å². The number of nitrogens with one attached hydrogen (secondary N) is 1. The summed E-state index contributed by atoms with van der Waals surface area (Å²) in [7, 11) is -3.63. The number of fused-ring (bicyclic) bond motifs is 2. The predicted octanol–water partition coefficient (Wildman–Crippen LogP) is 3.24. The summed E-state index contributed by atoms with van der Waals surface area (Å²) in [6, 6.07) is 8.98. The molecule has 0 radical (unpaired) electrons. The van der Waals surface area contributed by atoms with Crippen LogP contribution < -0.4 is 4.72 Å². The summed E-state index contributed by atoms with van der Waals surface area (Å²) in [6.45, 7) is 3.88. The van der Waals surface area contributed by atoms with Gasteiger partial charge < -0.3 is 4.40 Å². The third kappa shape index (κ3) is 2.38. The van der Waals surface area contributed by atoms with Crippen LogP contribution in [-0.2, 0) is 22.9 Å². The maximum absolute atomic E-state index is 12.8. The SMILES string of the molecule is Cc1nc2c(NS(=O)(=O)c3ccc4c(c3)CCC4)cccn2c1C. The van der Waals surface area contributed by atoms with Crippen LogP contribution >= 0.6 is 0 Å². The van der Waals surface area contributed by atoms with Gasteiger partial charge in [0.05, 0.1) is 16.3 Å². The van der Waals surface area contributed by atoms with E-state index in [1.54, 1.807) is 18.2 Å². The van der Waals surface area contributed by atoms with E-state index in [4.69, 9.17) is 0 Å². The van der Waals surface area contributed by atoms with Gasteiger partial charge in [0.15, 0.2) is 5.65 Å². The van der Waals surface area contributed by atoms with Crippen LogP contribution in [0.1, 0.15) is 28.9 Å². The van der Waals surface area contributed by atoms with Crippen molar-refractivity contribution in [2.24, 2.45) is 0 Å². The molecule has 2 aromatic heterocycles. The van der Waals surface area contributed by atoms with Gasteiger partial charge in [-0.25, -0.2) is 13.4 Å². The number of nitrogens with zero attached hydrogens (tertiary/aromatic N) is 2. The molecule has 0 atom stereocenters. The van der Waals surface area contributed by atoms with Crippen LogP contribution in [0.2, 0.25) is 0 Å². The van der Waals surface area contributed by atoms with Crippen LogP contribution in [0.4, 0.5) is 5.69 Å². The molecule has 1 aliphatic rings. The highest BCUT2D eigenvalue weighted by atomic mass is 32.2. The number of rotatable bonds is 3. The van der Waals surface area contributed by atoms with Crippen LogP contribution in [-0.4, -0.2) is 17.8 Å². The molecule has 0 saturated carbocycles. The Labute approximate surface area is 141 Å². The second kappa shape index (κ2) is 5.34. The summed E-state index contributed by atoms with van der Waals surface area (Å²) < 4.78 is 30.2. The van der Waals surface area contributed by atoms with Gasteiger partial charge in [-0.2, -0.15) is 0 Å². The van der Waals surface area contributed by atoms with Crippen molar-refractivity contribution in [3.05, 3.63) is 59.0 Å². The van der Waals surface area contributed by atoms with Crippen molar-refractivity contribution in [3.63, 3.8) is 0 Å². The minimum Gasteiger partial charge on any atom is -0.302 e. The molecule has 0 bridgehead atoms. The Balaban J connectivity index is 1.76. The smallest absolute Gasteiger partial charge is 0.262 e. The lowest BCUT2D eigenvalue weighted by molar-refractivity contribution is 0.601. The summed E-state index contributed by atoms with van der Waals surface area (Å²) in [5.74, 6) is 0. The number of benzene rings is 1. The van der Waals surface area contributed by atoms with Crippen molar-refractivity contribution in [2.45, 2.75) is 38.0 Å². The first-order valence-corrected chi connectivity index (χ1v) is 9.53. The van der Waals surface area contributed by atoms with Crippen LogP contribution in [0.5, 0.6) is 0 Å². The second-order valence-corrected chi connectivity index (χ2v) is 7.97. The van der Waals surface area contributed by atoms with Gasteiger partial charge in [-0.05, 0) is 68.5 Å². The molecule has 4 rings (SSSR count). The summed E-state index contributed by atoms with van der Waals surface area (Å²) in [5, 5.41) is 0. The standard InChI is InChI=1S/C18H19N3O2S/c1-12-13(2)21-10-4-7-17(18(21)19-12)20-24(22,23)16-9-8-14-5-3-6-15(14)11-16/h4,7-11,20H,3,5-6H2,1-2H3. The second-order valence-electron chi connectivity index (χ2n) is 6.29. The van der Waals surface area contributed by atoms with E-state index < -0.39 is 10.0 Å². The molecule has 0 saturated heterocycles. The number of sulfonamides is 1. The van der Waals surface area contributed by atoms with Gasteiger partial charge in [-0.3, -0.25) is 4.72 Å². The van der Waals surface area contributed by atoms with E-state index in [9.17, 15) is 8.42 Å². The Hall–Kier alpha value is -2.34. The first kappa shape index (κ1) is 15.2. The lowest BCUT2D eigenvalue weighted by atomic mass is 10.1. The van der Waals surface area contributed by atoms with E-state index in [2.05, 4.69) is 9.71 Å². The fourth-order valence-electron chi connectivity index (χ4n) is 3.30. The number of aromatic nitrogens is 2. The zero-order chi connectivity index (χ0) is 16.9. The molecule has 1 N–H and O–H groups in total. The third-order valence-electron chi connectivity index (χ3n) is 4.75. The minimum absolute atomic E-state index is 0.310. The van der Waals surface area contributed by atoms with Gasteiger partial charge in [-0.15, -0.1) is 0 Å². The lowest BCUT2D eigenvalue weighted by Crippen LogP contribution is -2.14. The highest BCUT2D eigenvalue weighted by Gasteiger charge is 2.20. The molecule has 2 heterocycles. The van der Waals surface area contributed by atoms with Crippen molar-refractivity contribution in [2.75, 3.05) is 4.72 Å². The van der Waals surface area contributed by atoms with Gasteiger partial charge in [0.25, 0.3) is 10.0 Å². The minimum atomic E-state index is -3.63. The Morgan fingerprint density at radius 2 is 1.92 bits per heavy atom. The summed E-state index contributed by atoms with van der Waals surface area (Å²) in [6.07, 6.45) is 4.97. The van der Waals surface area contributed by atoms with E-state index in [0.717, 1.165) is 36.2 Å². The van der Waals surface area contributed by atoms with Crippen molar-refractivity contribution < 1.29 is 8.42 Å². The van der Waals surface area contributed by atoms with Crippen LogP contribution in [0.3, 0.4) is 0 Å². The van der Waals surface area contributed by atoms with Gasteiger partial charge in [0.2, 0.25) is 0 Å². The maximum Gasteiger partial charge on any atom is 0.262 e. The average Bonchev–Trinajstić information content (AvgIpc) is 3.13. The molecule has 124 valence electrons. The number of pyridine rings is 1. The van der Waals surface area contributed by atoms with Crippen LogP contribution in [0.25, 0.3) is 5.65 Å². The zero-order valence-corrected chi connectivity index (χ0v) is 14.5. The van der Waals surface area contributed by atoms with Gasteiger partial charge >= 0.3 is 0 Å². The fourth-order valence-corrected chi connectivity index (χ4v) is 4.41. The fraction of sp³-hybridized carbons (Fsp3) is 0.278. The maximum atomic E-state index is 12.8. The molecule has 3 aromatic rings. The van der Waals surface area contributed by atoms with Crippen LogP contribution in [0.15, 0.2) is 41.4 Å². The topological polar surface area (TPSA) is 63.5 Å². The first-order valence-electron chi connectivity index (χ1n) is 8.04. The highest BCUT2D eigenvalue weighted by molar-refractivity contribution is 7.92. The molecular formula is C18H19N3O2S. The van der Waals surface area contributed by atoms with E-state index in [-0.39, 0.29) is 0 Å². The van der Waals surface area contributed by atoms with Crippen LogP contribution in [0, 0.1) is 13.8 Å². The van der Waals surface area contributed by atoms with E-state index >= 15 is 0 Å². The molecule has 1 aromatic carbocycles. The largest absolute Gasteiger partial charge is 0.302 e. The molecule has 0 aliphatic heterocycles. The van der Waals surface area contributed by atoms with E-state index in [1.807, 2.05) is 36.6 Å². The third-order valence-corrected chi connectivity index (χ3v) is 6.11. The first-order chi connectivity index (χ1) is 11.5. The molecule has 0 amide bonds. The highest BCUT2D eigenvalue weighted by Crippen LogP contribution is 2.27. The molecule has 6 heteroatoms. The van der Waals surface area contributed by atoms with Crippen molar-refractivity contribution in [1.82, 2.24) is 9.38 Å². The van der Waals surface area contributed by atoms with Crippen molar-refractivity contribution in [1.29, 1.82) is 0 Å². The summed E-state index contributed by atoms with van der Waals surface area (Å²) in [4.78, 5) is 4.79. The average molecular weight is 341 g/mol. The quantitative estimate of drug-likeness (QED) is 0.795. The summed E-state index contributed by atoms with van der Waals surface area (Å²) >= 11 is 0. The van der Waals surface area contributed by atoms with Crippen molar-refractivity contribution in [3.8, 4) is 0 Å². The molecule has 0 unspecified atom stereocenters. The lowest BCUT2D eigenvalue weighted by Gasteiger charge is -2.10. The Morgan fingerprint density at radius 1 is 1.12 bits per heavy atom. The van der Waals surface area contributed by atoms with Gasteiger partial charge in [-0.1, -0.05) is 6.07 Å². The Morgan fingerprint density at radius 3 is 2.75 bits per heavy atom.